The molecule has 1 aromatic rings. The largest absolute Gasteiger partial charge is 0.340 e. The lowest BCUT2D eigenvalue weighted by atomic mass is 10.1. The first-order chi connectivity index (χ1) is 12.0. The van der Waals surface area contributed by atoms with Gasteiger partial charge in [0.1, 0.15) is 12.2 Å². The predicted molar refractivity (Wildman–Crippen MR) is 86.1 cm³/mol. The van der Waals surface area contributed by atoms with Crippen molar-refractivity contribution in [2.75, 3.05) is 39.8 Å². The minimum absolute atomic E-state index is 0.0120. The zero-order chi connectivity index (χ0) is 17.6. The number of carbonyl (C=O) groups is 2. The summed E-state index contributed by atoms with van der Waals surface area (Å²) >= 11 is 0. The zero-order valence-corrected chi connectivity index (χ0v) is 14.4. The van der Waals surface area contributed by atoms with Crippen molar-refractivity contribution in [2.24, 2.45) is 5.92 Å². The number of rotatable bonds is 2. The third-order valence-electron chi connectivity index (χ3n) is 5.39. The number of halogens is 1. The number of fused-ring (bicyclic) bond motifs is 1. The maximum atomic E-state index is 14.3. The number of hydrogen-bond donors (Lipinski definition) is 0. The van der Waals surface area contributed by atoms with Gasteiger partial charge in [0.15, 0.2) is 5.67 Å². The fraction of sp³-hybridized carbons (Fsp3) is 0.750. The van der Waals surface area contributed by atoms with Crippen molar-refractivity contribution < 1.29 is 14.0 Å². The SMILES string of the molecule is CN1CCN(C(=O)C2CN(C(=O)C3(F)CC3)Cc3ncnn3C2)CC1. The zero-order valence-electron chi connectivity index (χ0n) is 14.4. The summed E-state index contributed by atoms with van der Waals surface area (Å²) in [6.45, 7) is 3.84. The van der Waals surface area contributed by atoms with Crippen molar-refractivity contribution in [3.8, 4) is 0 Å². The molecule has 0 spiro atoms. The molecule has 3 aliphatic rings. The van der Waals surface area contributed by atoms with Crippen molar-refractivity contribution in [1.82, 2.24) is 29.5 Å². The number of amides is 2. The molecular weight excluding hydrogens is 327 g/mol. The third-order valence-corrected chi connectivity index (χ3v) is 5.39. The van der Waals surface area contributed by atoms with E-state index in [-0.39, 0.29) is 31.8 Å². The smallest absolute Gasteiger partial charge is 0.260 e. The Labute approximate surface area is 145 Å². The average molecular weight is 350 g/mol. The Morgan fingerprint density at radius 1 is 1.16 bits per heavy atom. The molecule has 4 rings (SSSR count). The molecule has 8 nitrogen and oxygen atoms in total. The van der Waals surface area contributed by atoms with Crippen molar-refractivity contribution in [3.05, 3.63) is 12.2 Å². The number of carbonyl (C=O) groups excluding carboxylic acids is 2. The van der Waals surface area contributed by atoms with Crippen LogP contribution in [0.1, 0.15) is 18.7 Å². The molecular formula is C16H23FN6O2. The van der Waals surface area contributed by atoms with Crippen LogP contribution in [0.5, 0.6) is 0 Å². The van der Waals surface area contributed by atoms with Crippen LogP contribution in [0.2, 0.25) is 0 Å². The van der Waals surface area contributed by atoms with Gasteiger partial charge in [-0.25, -0.2) is 14.1 Å². The van der Waals surface area contributed by atoms with E-state index in [1.165, 1.54) is 11.2 Å². The second-order valence-corrected chi connectivity index (χ2v) is 7.33. The minimum Gasteiger partial charge on any atom is -0.340 e. The van der Waals surface area contributed by atoms with E-state index in [4.69, 9.17) is 0 Å². The first-order valence-corrected chi connectivity index (χ1v) is 8.78. The lowest BCUT2D eigenvalue weighted by Crippen LogP contribution is -2.51. The molecule has 9 heteroatoms. The predicted octanol–water partition coefficient (Wildman–Crippen LogP) is -0.487. The van der Waals surface area contributed by atoms with Crippen molar-refractivity contribution in [2.45, 2.75) is 31.6 Å². The van der Waals surface area contributed by atoms with E-state index in [2.05, 4.69) is 15.0 Å². The van der Waals surface area contributed by atoms with E-state index >= 15 is 0 Å². The van der Waals surface area contributed by atoms with Crippen LogP contribution in [0.25, 0.3) is 0 Å². The molecule has 25 heavy (non-hydrogen) atoms. The quantitative estimate of drug-likeness (QED) is 0.720. The van der Waals surface area contributed by atoms with Gasteiger partial charge in [0.2, 0.25) is 5.91 Å². The van der Waals surface area contributed by atoms with Gasteiger partial charge >= 0.3 is 0 Å². The lowest BCUT2D eigenvalue weighted by Gasteiger charge is -2.35. The van der Waals surface area contributed by atoms with E-state index in [0.717, 1.165) is 13.1 Å². The Hall–Kier alpha value is -2.03. The van der Waals surface area contributed by atoms with E-state index in [1.807, 2.05) is 11.9 Å². The molecule has 136 valence electrons. The summed E-state index contributed by atoms with van der Waals surface area (Å²) in [7, 11) is 2.03. The molecule has 0 radical (unpaired) electrons. The molecule has 1 saturated heterocycles. The van der Waals surface area contributed by atoms with Gasteiger partial charge < -0.3 is 14.7 Å². The van der Waals surface area contributed by atoms with Crippen LogP contribution >= 0.6 is 0 Å². The number of likely N-dealkylation sites (N-methyl/N-ethyl adjacent to an activating group) is 1. The van der Waals surface area contributed by atoms with E-state index < -0.39 is 17.5 Å². The summed E-state index contributed by atoms with van der Waals surface area (Å²) in [5, 5.41) is 4.17. The summed E-state index contributed by atoms with van der Waals surface area (Å²) in [5.74, 6) is -0.318. The maximum Gasteiger partial charge on any atom is 0.260 e. The minimum atomic E-state index is -1.74. The van der Waals surface area contributed by atoms with Crippen molar-refractivity contribution in [1.29, 1.82) is 0 Å². The molecule has 1 atom stereocenters. The second kappa shape index (κ2) is 6.05. The molecule has 1 aliphatic carbocycles. The fourth-order valence-electron chi connectivity index (χ4n) is 3.53. The van der Waals surface area contributed by atoms with Gasteiger partial charge in [0.25, 0.3) is 5.91 Å². The van der Waals surface area contributed by atoms with Crippen LogP contribution in [0.4, 0.5) is 4.39 Å². The summed E-state index contributed by atoms with van der Waals surface area (Å²) in [4.78, 5) is 35.2. The summed E-state index contributed by atoms with van der Waals surface area (Å²) in [6, 6.07) is 0. The fourth-order valence-corrected chi connectivity index (χ4v) is 3.53. The van der Waals surface area contributed by atoms with Crippen LogP contribution in [0, 0.1) is 5.92 Å². The monoisotopic (exact) mass is 350 g/mol. The Balaban J connectivity index is 1.54. The van der Waals surface area contributed by atoms with Crippen molar-refractivity contribution >= 4 is 11.8 Å². The highest BCUT2D eigenvalue weighted by atomic mass is 19.1. The molecule has 1 aromatic heterocycles. The Bertz CT molecular complexity index is 680. The van der Waals surface area contributed by atoms with Gasteiger partial charge in [-0.15, -0.1) is 0 Å². The molecule has 0 bridgehead atoms. The highest BCUT2D eigenvalue weighted by Crippen LogP contribution is 2.42. The number of nitrogens with zero attached hydrogens (tertiary/aromatic N) is 6. The van der Waals surface area contributed by atoms with E-state index in [0.29, 0.717) is 25.5 Å². The van der Waals surface area contributed by atoms with Gasteiger partial charge in [-0.1, -0.05) is 0 Å². The van der Waals surface area contributed by atoms with E-state index in [9.17, 15) is 14.0 Å². The molecule has 1 saturated carbocycles. The summed E-state index contributed by atoms with van der Waals surface area (Å²) in [5.41, 5.74) is -1.74. The second-order valence-electron chi connectivity index (χ2n) is 7.33. The maximum absolute atomic E-state index is 14.3. The normalized spacial score (nSPS) is 26.1. The molecule has 0 aromatic carbocycles. The van der Waals surface area contributed by atoms with Crippen LogP contribution in [-0.4, -0.2) is 86.7 Å². The highest BCUT2D eigenvalue weighted by molar-refractivity contribution is 5.88. The van der Waals surface area contributed by atoms with Gasteiger partial charge in [0, 0.05) is 32.7 Å². The lowest BCUT2D eigenvalue weighted by molar-refractivity contribution is -0.143. The molecule has 2 fully saturated rings. The standard InChI is InChI=1S/C16H23FN6O2/c1-20-4-6-21(7-5-20)14(24)12-8-22(15(25)16(17)2-3-16)10-13-18-11-19-23(13)9-12/h11-12H,2-10H2,1H3. The van der Waals surface area contributed by atoms with Gasteiger partial charge in [0.05, 0.1) is 19.0 Å². The summed E-state index contributed by atoms with van der Waals surface area (Å²) in [6.07, 6.45) is 1.96. The molecule has 2 aliphatic heterocycles. The number of hydrogen-bond acceptors (Lipinski definition) is 5. The highest BCUT2D eigenvalue weighted by Gasteiger charge is 2.53. The Kier molecular flexibility index (Phi) is 3.98. The number of piperazine rings is 1. The molecule has 2 amide bonds. The van der Waals surface area contributed by atoms with Crippen LogP contribution in [0.15, 0.2) is 6.33 Å². The van der Waals surface area contributed by atoms with Crippen LogP contribution in [0.3, 0.4) is 0 Å². The van der Waals surface area contributed by atoms with Crippen LogP contribution < -0.4 is 0 Å². The van der Waals surface area contributed by atoms with Crippen LogP contribution in [-0.2, 0) is 22.7 Å². The molecule has 1 unspecified atom stereocenters. The molecule has 3 heterocycles. The average Bonchev–Trinajstić information content (AvgIpc) is 3.27. The molecule has 0 N–H and O–H groups in total. The number of alkyl halides is 1. The topological polar surface area (TPSA) is 74.6 Å². The van der Waals surface area contributed by atoms with Gasteiger partial charge in [-0.2, -0.15) is 5.10 Å². The van der Waals surface area contributed by atoms with E-state index in [1.54, 1.807) is 4.68 Å². The van der Waals surface area contributed by atoms with Gasteiger partial charge in [-0.3, -0.25) is 9.59 Å². The van der Waals surface area contributed by atoms with Crippen molar-refractivity contribution in [3.63, 3.8) is 0 Å². The first-order valence-electron chi connectivity index (χ1n) is 8.78. The summed E-state index contributed by atoms with van der Waals surface area (Å²) < 4.78 is 16.0. The Morgan fingerprint density at radius 3 is 2.56 bits per heavy atom. The third kappa shape index (κ3) is 3.12. The first kappa shape index (κ1) is 16.4. The van der Waals surface area contributed by atoms with Gasteiger partial charge in [-0.05, 0) is 19.9 Å². The number of aromatic nitrogens is 3. The Morgan fingerprint density at radius 2 is 1.88 bits per heavy atom.